The number of aliphatic hydroxyl groups excluding tert-OH is 1. The molecule has 1 aliphatic rings. The maximum absolute atomic E-state index is 11.5. The molecule has 6 nitrogen and oxygen atoms in total. The summed E-state index contributed by atoms with van der Waals surface area (Å²) in [5.41, 5.74) is 13.7. The van der Waals surface area contributed by atoms with Crippen molar-refractivity contribution >= 4 is 5.91 Å². The van der Waals surface area contributed by atoms with Gasteiger partial charge in [-0.3, -0.25) is 4.79 Å². The molecule has 128 valence electrons. The van der Waals surface area contributed by atoms with Gasteiger partial charge in [-0.1, -0.05) is 19.9 Å². The van der Waals surface area contributed by atoms with Gasteiger partial charge in [0.2, 0.25) is 5.91 Å². The van der Waals surface area contributed by atoms with Gasteiger partial charge in [-0.15, -0.1) is 0 Å². The molecule has 6 heteroatoms. The number of ether oxygens (including phenoxy) is 1. The Balaban J connectivity index is 2.36. The van der Waals surface area contributed by atoms with Crippen LogP contribution in [-0.4, -0.2) is 49.5 Å². The van der Waals surface area contributed by atoms with E-state index in [2.05, 4.69) is 19.2 Å². The molecule has 6 N–H and O–H groups in total. The number of aliphatic hydroxyl groups is 1. The summed E-state index contributed by atoms with van der Waals surface area (Å²) in [7, 11) is 1.70. The number of rotatable bonds is 6. The van der Waals surface area contributed by atoms with Crippen molar-refractivity contribution in [3.05, 3.63) is 34.9 Å². The van der Waals surface area contributed by atoms with Crippen LogP contribution in [-0.2, 0) is 16.6 Å². The lowest BCUT2D eigenvalue weighted by molar-refractivity contribution is 0.0344. The Hall–Kier alpha value is -1.47. The first-order valence-corrected chi connectivity index (χ1v) is 7.87. The second-order valence-electron chi connectivity index (χ2n) is 6.76. The average Bonchev–Trinajstić information content (AvgIpc) is 2.52. The Labute approximate surface area is 137 Å². The van der Waals surface area contributed by atoms with Crippen LogP contribution in [0.3, 0.4) is 0 Å². The molecule has 1 aliphatic carbocycles. The molecule has 23 heavy (non-hydrogen) atoms. The van der Waals surface area contributed by atoms with Gasteiger partial charge in [-0.05, 0) is 23.3 Å². The lowest BCUT2D eigenvalue weighted by atomic mass is 9.67. The molecule has 2 rings (SSSR count). The number of nitrogens with one attached hydrogen (secondary N) is 1. The summed E-state index contributed by atoms with van der Waals surface area (Å²) in [5, 5.41) is 12.6. The molecule has 0 aliphatic heterocycles. The number of benzene rings is 1. The van der Waals surface area contributed by atoms with Gasteiger partial charge in [0, 0.05) is 43.1 Å². The van der Waals surface area contributed by atoms with Crippen molar-refractivity contribution in [3.63, 3.8) is 0 Å². The monoisotopic (exact) mass is 321 g/mol. The Morgan fingerprint density at radius 3 is 2.78 bits per heavy atom. The second kappa shape index (κ2) is 6.97. The van der Waals surface area contributed by atoms with Gasteiger partial charge in [0.05, 0.1) is 12.7 Å². The Bertz CT molecular complexity index is 574. The van der Waals surface area contributed by atoms with Crippen molar-refractivity contribution in [2.45, 2.75) is 43.9 Å². The third-order valence-electron chi connectivity index (χ3n) is 4.80. The molecule has 3 atom stereocenters. The van der Waals surface area contributed by atoms with Gasteiger partial charge in [-0.25, -0.2) is 0 Å². The number of primary amides is 1. The van der Waals surface area contributed by atoms with Crippen molar-refractivity contribution in [1.29, 1.82) is 0 Å². The molecule has 0 radical (unpaired) electrons. The first kappa shape index (κ1) is 17.9. The number of amides is 1. The maximum atomic E-state index is 11.5. The van der Waals surface area contributed by atoms with Gasteiger partial charge in [0.25, 0.3) is 0 Å². The highest BCUT2D eigenvalue weighted by molar-refractivity contribution is 5.93. The van der Waals surface area contributed by atoms with Crippen LogP contribution in [0.4, 0.5) is 0 Å². The predicted octanol–water partition coefficient (Wildman–Crippen LogP) is -0.0880. The number of fused-ring (bicyclic) bond motifs is 1. The zero-order valence-corrected chi connectivity index (χ0v) is 14.0. The summed E-state index contributed by atoms with van der Waals surface area (Å²) in [4.78, 5) is 11.5. The third-order valence-corrected chi connectivity index (χ3v) is 4.80. The molecule has 1 aromatic carbocycles. The van der Waals surface area contributed by atoms with E-state index in [1.54, 1.807) is 13.2 Å². The van der Waals surface area contributed by atoms with Gasteiger partial charge >= 0.3 is 0 Å². The SMILES string of the molecule is CO[C@@H]1Cc2ccc(C(N)=O)cc2C(C)(C)[C@H]1NC[C@@H](N)CO. The van der Waals surface area contributed by atoms with Crippen LogP contribution in [0.5, 0.6) is 0 Å². The maximum Gasteiger partial charge on any atom is 0.248 e. The van der Waals surface area contributed by atoms with E-state index in [9.17, 15) is 4.79 Å². The standard InChI is InChI=1S/C17H27N3O3/c1-17(2)13-6-11(16(19)22)5-4-10(13)7-14(23-3)15(17)20-8-12(18)9-21/h4-6,12,14-15,20-21H,7-9,18H2,1-3H3,(H2,19,22)/t12-,14-,15+/m1/s1. The molecule has 0 saturated carbocycles. The Morgan fingerprint density at radius 2 is 2.22 bits per heavy atom. The molecule has 0 fully saturated rings. The zero-order valence-electron chi connectivity index (χ0n) is 14.0. The number of hydrogen-bond donors (Lipinski definition) is 4. The molecule has 0 spiro atoms. The number of carbonyl (C=O) groups excluding carboxylic acids is 1. The third kappa shape index (κ3) is 3.55. The van der Waals surface area contributed by atoms with E-state index in [0.717, 1.165) is 17.5 Å². The van der Waals surface area contributed by atoms with Crippen LogP contribution in [0.15, 0.2) is 18.2 Å². The summed E-state index contributed by atoms with van der Waals surface area (Å²) >= 11 is 0. The van der Waals surface area contributed by atoms with Crippen LogP contribution >= 0.6 is 0 Å². The fourth-order valence-electron chi connectivity index (χ4n) is 3.42. The quantitative estimate of drug-likeness (QED) is 0.585. The molecule has 0 saturated heterocycles. The van der Waals surface area contributed by atoms with Crippen LogP contribution in [0.2, 0.25) is 0 Å². The zero-order chi connectivity index (χ0) is 17.2. The molecular weight excluding hydrogens is 294 g/mol. The van der Waals surface area contributed by atoms with E-state index in [-0.39, 0.29) is 30.2 Å². The van der Waals surface area contributed by atoms with Crippen molar-refractivity contribution < 1.29 is 14.6 Å². The van der Waals surface area contributed by atoms with Gasteiger partial charge in [-0.2, -0.15) is 0 Å². The summed E-state index contributed by atoms with van der Waals surface area (Å²) in [6.45, 7) is 4.66. The van der Waals surface area contributed by atoms with E-state index in [4.69, 9.17) is 21.3 Å². The highest BCUT2D eigenvalue weighted by Gasteiger charge is 2.42. The average molecular weight is 321 g/mol. The van der Waals surface area contributed by atoms with E-state index in [0.29, 0.717) is 12.1 Å². The fourth-order valence-corrected chi connectivity index (χ4v) is 3.42. The molecule has 0 unspecified atom stereocenters. The van der Waals surface area contributed by atoms with Crippen molar-refractivity contribution in [2.24, 2.45) is 11.5 Å². The highest BCUT2D eigenvalue weighted by atomic mass is 16.5. The first-order chi connectivity index (χ1) is 10.8. The highest BCUT2D eigenvalue weighted by Crippen LogP contribution is 2.38. The van der Waals surface area contributed by atoms with Crippen LogP contribution in [0.1, 0.15) is 35.3 Å². The van der Waals surface area contributed by atoms with E-state index in [1.165, 1.54) is 0 Å². The largest absolute Gasteiger partial charge is 0.395 e. The lowest BCUT2D eigenvalue weighted by Gasteiger charge is -2.45. The normalized spacial score (nSPS) is 24.0. The van der Waals surface area contributed by atoms with Crippen molar-refractivity contribution in [2.75, 3.05) is 20.3 Å². The molecule has 0 bridgehead atoms. The number of carbonyl (C=O) groups is 1. The summed E-state index contributed by atoms with van der Waals surface area (Å²) < 4.78 is 5.68. The van der Waals surface area contributed by atoms with Gasteiger partial charge < -0.3 is 26.6 Å². The van der Waals surface area contributed by atoms with E-state index < -0.39 is 5.91 Å². The first-order valence-electron chi connectivity index (χ1n) is 7.87. The number of methoxy groups -OCH3 is 1. The minimum absolute atomic E-state index is 0.0113. The molecule has 0 aromatic heterocycles. The molecule has 1 aromatic rings. The van der Waals surface area contributed by atoms with Crippen LogP contribution in [0, 0.1) is 0 Å². The van der Waals surface area contributed by atoms with Crippen LogP contribution < -0.4 is 16.8 Å². The van der Waals surface area contributed by atoms with E-state index >= 15 is 0 Å². The van der Waals surface area contributed by atoms with Crippen molar-refractivity contribution in [1.82, 2.24) is 5.32 Å². The topological polar surface area (TPSA) is 111 Å². The van der Waals surface area contributed by atoms with E-state index in [1.807, 2.05) is 12.1 Å². The minimum Gasteiger partial charge on any atom is -0.395 e. The smallest absolute Gasteiger partial charge is 0.248 e. The summed E-state index contributed by atoms with van der Waals surface area (Å²) in [5.74, 6) is -0.427. The second-order valence-corrected chi connectivity index (χ2v) is 6.76. The van der Waals surface area contributed by atoms with Crippen LogP contribution in [0.25, 0.3) is 0 Å². The lowest BCUT2D eigenvalue weighted by Crippen LogP contribution is -2.58. The molecular formula is C17H27N3O3. The van der Waals surface area contributed by atoms with Gasteiger partial charge in [0.15, 0.2) is 0 Å². The fraction of sp³-hybridized carbons (Fsp3) is 0.588. The molecule has 1 amide bonds. The summed E-state index contributed by atoms with van der Waals surface area (Å²) in [6, 6.07) is 5.30. The summed E-state index contributed by atoms with van der Waals surface area (Å²) in [6.07, 6.45) is 0.739. The van der Waals surface area contributed by atoms with Crippen molar-refractivity contribution in [3.8, 4) is 0 Å². The number of nitrogens with two attached hydrogens (primary N) is 2. The van der Waals surface area contributed by atoms with Gasteiger partial charge in [0.1, 0.15) is 0 Å². The Morgan fingerprint density at radius 1 is 1.52 bits per heavy atom. The predicted molar refractivity (Wildman–Crippen MR) is 89.3 cm³/mol. The Kier molecular flexibility index (Phi) is 5.41. The number of hydrogen-bond acceptors (Lipinski definition) is 5. The molecule has 0 heterocycles. The minimum atomic E-state index is -0.427.